The fourth-order valence-corrected chi connectivity index (χ4v) is 3.67. The van der Waals surface area contributed by atoms with Crippen molar-refractivity contribution in [2.45, 2.75) is 18.9 Å². The second-order valence-corrected chi connectivity index (χ2v) is 6.90. The van der Waals surface area contributed by atoms with Gasteiger partial charge in [-0.05, 0) is 25.5 Å². The Morgan fingerprint density at radius 3 is 2.96 bits per heavy atom. The maximum absolute atomic E-state index is 12.4. The third kappa shape index (κ3) is 3.62. The number of benzene rings is 1. The molecule has 7 heteroatoms. The Labute approximate surface area is 149 Å². The van der Waals surface area contributed by atoms with Crippen molar-refractivity contribution in [2.75, 3.05) is 18.4 Å². The molecule has 0 saturated carbocycles. The Morgan fingerprint density at radius 1 is 1.28 bits per heavy atom. The first-order valence-corrected chi connectivity index (χ1v) is 9.26. The molecule has 0 aliphatic carbocycles. The van der Waals surface area contributed by atoms with Crippen molar-refractivity contribution < 1.29 is 4.79 Å². The molecule has 1 fully saturated rings. The zero-order chi connectivity index (χ0) is 17.1. The van der Waals surface area contributed by atoms with E-state index in [1.807, 2.05) is 46.6 Å². The summed E-state index contributed by atoms with van der Waals surface area (Å²) in [6.07, 6.45) is 4.10. The van der Waals surface area contributed by atoms with Gasteiger partial charge in [0.2, 0.25) is 0 Å². The number of nitrogens with zero attached hydrogens (tertiary/aromatic N) is 3. The quantitative estimate of drug-likeness (QED) is 0.756. The molecule has 1 saturated heterocycles. The summed E-state index contributed by atoms with van der Waals surface area (Å²) < 4.78 is 1.89. The molecule has 1 atom stereocenters. The Morgan fingerprint density at radius 2 is 2.16 bits per heavy atom. The van der Waals surface area contributed by atoms with Gasteiger partial charge in [-0.2, -0.15) is 5.10 Å². The van der Waals surface area contributed by atoms with Crippen LogP contribution in [0.5, 0.6) is 0 Å². The number of amides is 1. The number of rotatable bonds is 4. The van der Waals surface area contributed by atoms with Gasteiger partial charge in [-0.3, -0.25) is 14.8 Å². The minimum absolute atomic E-state index is 0.225. The van der Waals surface area contributed by atoms with Gasteiger partial charge in [-0.25, -0.2) is 4.98 Å². The summed E-state index contributed by atoms with van der Waals surface area (Å²) in [5.41, 5.74) is 2.31. The lowest BCUT2D eigenvalue weighted by molar-refractivity contribution is 0.102. The maximum atomic E-state index is 12.4. The third-order valence-corrected chi connectivity index (χ3v) is 5.04. The van der Waals surface area contributed by atoms with Crippen LogP contribution in [0.1, 0.15) is 29.4 Å². The van der Waals surface area contributed by atoms with E-state index in [1.165, 1.54) is 11.3 Å². The molecular formula is C18H19N5OS. The molecule has 0 spiro atoms. The second kappa shape index (κ2) is 7.16. The van der Waals surface area contributed by atoms with Crippen molar-refractivity contribution in [3.63, 3.8) is 0 Å². The number of carbonyl (C=O) groups excluding carboxylic acids is 1. The van der Waals surface area contributed by atoms with E-state index in [9.17, 15) is 4.79 Å². The number of hydrogen-bond donors (Lipinski definition) is 2. The van der Waals surface area contributed by atoms with Gasteiger partial charge in [0.25, 0.3) is 5.91 Å². The van der Waals surface area contributed by atoms with Crippen molar-refractivity contribution in [3.05, 3.63) is 53.7 Å². The molecule has 0 bridgehead atoms. The van der Waals surface area contributed by atoms with Crippen LogP contribution < -0.4 is 10.6 Å². The van der Waals surface area contributed by atoms with E-state index >= 15 is 0 Å². The lowest BCUT2D eigenvalue weighted by atomic mass is 10.1. The van der Waals surface area contributed by atoms with Crippen molar-refractivity contribution in [1.29, 1.82) is 0 Å². The van der Waals surface area contributed by atoms with E-state index in [0.717, 1.165) is 37.2 Å². The lowest BCUT2D eigenvalue weighted by Crippen LogP contribution is -2.32. The van der Waals surface area contributed by atoms with E-state index in [-0.39, 0.29) is 5.91 Å². The number of carbonyl (C=O) groups is 1. The molecule has 1 aliphatic rings. The monoisotopic (exact) mass is 353 g/mol. The normalized spacial score (nSPS) is 17.4. The third-order valence-electron chi connectivity index (χ3n) is 4.28. The molecule has 1 amide bonds. The zero-order valence-corrected chi connectivity index (χ0v) is 14.5. The number of anilines is 1. The van der Waals surface area contributed by atoms with Gasteiger partial charge in [0, 0.05) is 23.7 Å². The van der Waals surface area contributed by atoms with E-state index in [4.69, 9.17) is 0 Å². The van der Waals surface area contributed by atoms with Crippen LogP contribution >= 0.6 is 11.3 Å². The summed E-state index contributed by atoms with van der Waals surface area (Å²) in [5, 5.41) is 13.2. The summed E-state index contributed by atoms with van der Waals surface area (Å²) in [4.78, 5) is 16.9. The fraction of sp³-hybridized carbons (Fsp3) is 0.278. The van der Waals surface area contributed by atoms with E-state index in [0.29, 0.717) is 16.9 Å². The standard InChI is InChI=1S/C18H19N5OS/c24-17(15-8-10-23(22-15)14-7-4-9-19-11-14)21-18-20-16(12-25-18)13-5-2-1-3-6-13/h1-3,5-6,8,10,12,14,19H,4,7,9,11H2,(H,20,21,24). The molecule has 2 N–H and O–H groups in total. The van der Waals surface area contributed by atoms with E-state index < -0.39 is 0 Å². The topological polar surface area (TPSA) is 71.8 Å². The van der Waals surface area contributed by atoms with E-state index in [1.54, 1.807) is 6.07 Å². The highest BCUT2D eigenvalue weighted by Crippen LogP contribution is 2.25. The molecule has 0 radical (unpaired) electrons. The second-order valence-electron chi connectivity index (χ2n) is 6.04. The number of piperidine rings is 1. The first-order chi connectivity index (χ1) is 12.3. The molecule has 128 valence electrons. The summed E-state index contributed by atoms with van der Waals surface area (Å²) in [6, 6.07) is 12.0. The molecule has 1 unspecified atom stereocenters. The van der Waals surface area contributed by atoms with Crippen molar-refractivity contribution in [1.82, 2.24) is 20.1 Å². The van der Waals surface area contributed by atoms with Gasteiger partial charge >= 0.3 is 0 Å². The highest BCUT2D eigenvalue weighted by molar-refractivity contribution is 7.14. The first kappa shape index (κ1) is 16.0. The van der Waals surface area contributed by atoms with Crippen LogP contribution in [0.4, 0.5) is 5.13 Å². The zero-order valence-electron chi connectivity index (χ0n) is 13.7. The Kier molecular flexibility index (Phi) is 4.58. The SMILES string of the molecule is O=C(Nc1nc(-c2ccccc2)cs1)c1ccn(C2CCCNC2)n1. The molecule has 4 rings (SSSR count). The van der Waals surface area contributed by atoms with Crippen molar-refractivity contribution in [2.24, 2.45) is 0 Å². The summed E-state index contributed by atoms with van der Waals surface area (Å²) in [5.74, 6) is -0.225. The van der Waals surface area contributed by atoms with E-state index in [2.05, 4.69) is 20.7 Å². The van der Waals surface area contributed by atoms with Gasteiger partial charge in [0.1, 0.15) is 0 Å². The van der Waals surface area contributed by atoms with Crippen LogP contribution in [0.3, 0.4) is 0 Å². The average Bonchev–Trinajstić information content (AvgIpc) is 3.33. The maximum Gasteiger partial charge on any atom is 0.277 e. The summed E-state index contributed by atoms with van der Waals surface area (Å²) in [7, 11) is 0. The molecule has 2 aromatic heterocycles. The summed E-state index contributed by atoms with van der Waals surface area (Å²) in [6.45, 7) is 1.95. The molecule has 6 nitrogen and oxygen atoms in total. The Balaban J connectivity index is 1.44. The number of thiazole rings is 1. The average molecular weight is 353 g/mol. The van der Waals surface area contributed by atoms with Gasteiger partial charge in [0.05, 0.1) is 11.7 Å². The number of nitrogens with one attached hydrogen (secondary N) is 2. The molecule has 25 heavy (non-hydrogen) atoms. The molecule has 3 heterocycles. The van der Waals surface area contributed by atoms with Gasteiger partial charge in [-0.15, -0.1) is 11.3 Å². The first-order valence-electron chi connectivity index (χ1n) is 8.38. The predicted molar refractivity (Wildman–Crippen MR) is 98.9 cm³/mol. The Hall–Kier alpha value is -2.51. The van der Waals surface area contributed by atoms with Crippen LogP contribution in [0.25, 0.3) is 11.3 Å². The fourth-order valence-electron chi connectivity index (χ4n) is 2.96. The van der Waals surface area contributed by atoms with Gasteiger partial charge < -0.3 is 5.32 Å². The van der Waals surface area contributed by atoms with Crippen LogP contribution in [-0.4, -0.2) is 33.8 Å². The molecule has 3 aromatic rings. The van der Waals surface area contributed by atoms with Crippen LogP contribution in [0.15, 0.2) is 48.0 Å². The minimum atomic E-state index is -0.225. The van der Waals surface area contributed by atoms with Crippen LogP contribution in [0, 0.1) is 0 Å². The van der Waals surface area contributed by atoms with Crippen molar-refractivity contribution in [3.8, 4) is 11.3 Å². The lowest BCUT2D eigenvalue weighted by Gasteiger charge is -2.22. The number of aromatic nitrogens is 3. The predicted octanol–water partition coefficient (Wildman–Crippen LogP) is 3.18. The van der Waals surface area contributed by atoms with Crippen LogP contribution in [-0.2, 0) is 0 Å². The Bertz CT molecular complexity index is 851. The highest BCUT2D eigenvalue weighted by atomic mass is 32.1. The summed E-state index contributed by atoms with van der Waals surface area (Å²) >= 11 is 1.41. The van der Waals surface area contributed by atoms with Crippen molar-refractivity contribution >= 4 is 22.4 Å². The minimum Gasteiger partial charge on any atom is -0.315 e. The smallest absolute Gasteiger partial charge is 0.277 e. The highest BCUT2D eigenvalue weighted by Gasteiger charge is 2.18. The molecule has 1 aromatic carbocycles. The number of hydrogen-bond acceptors (Lipinski definition) is 5. The van der Waals surface area contributed by atoms with Crippen LogP contribution in [0.2, 0.25) is 0 Å². The van der Waals surface area contributed by atoms with Gasteiger partial charge in [-0.1, -0.05) is 30.3 Å². The largest absolute Gasteiger partial charge is 0.315 e. The van der Waals surface area contributed by atoms with Gasteiger partial charge in [0.15, 0.2) is 10.8 Å². The molecular weight excluding hydrogens is 334 g/mol. The molecule has 1 aliphatic heterocycles.